The summed E-state index contributed by atoms with van der Waals surface area (Å²) in [6, 6.07) is 8.04. The fourth-order valence-corrected chi connectivity index (χ4v) is 2.06. The maximum absolute atomic E-state index is 12.7. The van der Waals surface area contributed by atoms with Gasteiger partial charge in [0.25, 0.3) is 5.91 Å². The van der Waals surface area contributed by atoms with Gasteiger partial charge in [0.1, 0.15) is 5.82 Å². The molecule has 0 saturated heterocycles. The standard InChI is InChI=1S/C19H22BF3N2O3/c1-17(2,27)18(3,4)28-20-14-7-5-12(6-8-14)16(26)25-15-11-13(9-10-24-15)19(21,22)23/h5-11,20,27H,1-4H3,(H,24,25,26). The first-order valence-corrected chi connectivity index (χ1v) is 8.59. The maximum Gasteiger partial charge on any atom is 0.416 e. The first-order chi connectivity index (χ1) is 12.8. The second-order valence-electron chi connectivity index (χ2n) is 7.44. The third-order valence-electron chi connectivity index (χ3n) is 4.62. The summed E-state index contributed by atoms with van der Waals surface area (Å²) in [5, 5.41) is 12.4. The van der Waals surface area contributed by atoms with Crippen LogP contribution in [0.1, 0.15) is 43.6 Å². The minimum Gasteiger partial charge on any atom is -0.427 e. The Kier molecular flexibility index (Phi) is 6.20. The van der Waals surface area contributed by atoms with E-state index in [4.69, 9.17) is 4.65 Å². The van der Waals surface area contributed by atoms with Crippen molar-refractivity contribution in [1.29, 1.82) is 0 Å². The van der Waals surface area contributed by atoms with Gasteiger partial charge in [0.2, 0.25) is 0 Å². The summed E-state index contributed by atoms with van der Waals surface area (Å²) in [5.74, 6) is -0.754. The zero-order valence-electron chi connectivity index (χ0n) is 16.1. The van der Waals surface area contributed by atoms with Gasteiger partial charge in [-0.15, -0.1) is 0 Å². The number of anilines is 1. The molecule has 0 saturated carbocycles. The first-order valence-electron chi connectivity index (χ1n) is 8.59. The van der Waals surface area contributed by atoms with Gasteiger partial charge in [-0.25, -0.2) is 4.98 Å². The predicted octanol–water partition coefficient (Wildman–Crippen LogP) is 2.90. The molecule has 0 aliphatic carbocycles. The van der Waals surface area contributed by atoms with Crippen LogP contribution in [-0.4, -0.2) is 34.7 Å². The highest BCUT2D eigenvalue weighted by Crippen LogP contribution is 2.30. The summed E-state index contributed by atoms with van der Waals surface area (Å²) in [6.07, 6.45) is -3.52. The van der Waals surface area contributed by atoms with Crippen molar-refractivity contribution in [2.75, 3.05) is 5.32 Å². The van der Waals surface area contributed by atoms with Crippen molar-refractivity contribution in [3.63, 3.8) is 0 Å². The molecule has 0 atom stereocenters. The van der Waals surface area contributed by atoms with E-state index < -0.39 is 28.8 Å². The zero-order chi connectivity index (χ0) is 21.2. The number of nitrogens with zero attached hydrogens (tertiary/aromatic N) is 1. The molecule has 0 aliphatic heterocycles. The molecule has 28 heavy (non-hydrogen) atoms. The van der Waals surface area contributed by atoms with E-state index in [0.717, 1.165) is 23.8 Å². The van der Waals surface area contributed by atoms with Gasteiger partial charge in [-0.3, -0.25) is 4.79 Å². The van der Waals surface area contributed by atoms with Crippen molar-refractivity contribution in [1.82, 2.24) is 4.98 Å². The molecule has 0 bridgehead atoms. The Morgan fingerprint density at radius 2 is 1.71 bits per heavy atom. The molecule has 1 amide bonds. The molecule has 1 aromatic heterocycles. The number of alkyl halides is 3. The Hall–Kier alpha value is -2.39. The number of pyridine rings is 1. The van der Waals surface area contributed by atoms with E-state index in [1.807, 2.05) is 0 Å². The molecule has 1 heterocycles. The number of carbonyl (C=O) groups is 1. The number of nitrogens with one attached hydrogen (secondary N) is 1. The van der Waals surface area contributed by atoms with Crippen molar-refractivity contribution in [3.05, 3.63) is 53.7 Å². The van der Waals surface area contributed by atoms with E-state index in [0.29, 0.717) is 0 Å². The van der Waals surface area contributed by atoms with Gasteiger partial charge in [0.05, 0.1) is 16.8 Å². The van der Waals surface area contributed by atoms with Crippen molar-refractivity contribution < 1.29 is 27.7 Å². The van der Waals surface area contributed by atoms with Crippen LogP contribution in [0.3, 0.4) is 0 Å². The Labute approximate surface area is 162 Å². The van der Waals surface area contributed by atoms with Crippen LogP contribution in [0.2, 0.25) is 0 Å². The van der Waals surface area contributed by atoms with Gasteiger partial charge in [0, 0.05) is 11.8 Å². The molecule has 0 fully saturated rings. The van der Waals surface area contributed by atoms with Crippen LogP contribution in [0.4, 0.5) is 19.0 Å². The lowest BCUT2D eigenvalue weighted by Crippen LogP contribution is -2.49. The molecule has 2 aromatic rings. The molecule has 2 N–H and O–H groups in total. The van der Waals surface area contributed by atoms with E-state index in [-0.39, 0.29) is 18.9 Å². The molecule has 0 radical (unpaired) electrons. The topological polar surface area (TPSA) is 71.5 Å². The second kappa shape index (κ2) is 7.93. The number of benzene rings is 1. The maximum atomic E-state index is 12.7. The number of hydrogen-bond donors (Lipinski definition) is 2. The third kappa shape index (κ3) is 5.56. The Bertz CT molecular complexity index is 832. The molecule has 0 unspecified atom stereocenters. The van der Waals surface area contributed by atoms with Crippen molar-refractivity contribution in [2.24, 2.45) is 0 Å². The molecule has 0 spiro atoms. The molecule has 5 nitrogen and oxygen atoms in total. The van der Waals surface area contributed by atoms with Crippen LogP contribution in [0.25, 0.3) is 0 Å². The summed E-state index contributed by atoms with van der Waals surface area (Å²) in [6.45, 7) is 6.86. The monoisotopic (exact) mass is 394 g/mol. The normalized spacial score (nSPS) is 12.6. The molecule has 2 rings (SSSR count). The summed E-state index contributed by atoms with van der Waals surface area (Å²) in [5.41, 5.74) is -1.65. The highest BCUT2D eigenvalue weighted by Gasteiger charge is 2.35. The minimum atomic E-state index is -4.51. The van der Waals surface area contributed by atoms with Crippen LogP contribution in [0, 0.1) is 0 Å². The molecule has 1 aromatic carbocycles. The summed E-state index contributed by atoms with van der Waals surface area (Å²) < 4.78 is 44.0. The minimum absolute atomic E-state index is 0.181. The molecular weight excluding hydrogens is 372 g/mol. The quantitative estimate of drug-likeness (QED) is 0.740. The smallest absolute Gasteiger partial charge is 0.416 e. The molecular formula is C19H22BF3N2O3. The number of hydrogen-bond acceptors (Lipinski definition) is 4. The van der Waals surface area contributed by atoms with Gasteiger partial charge in [-0.2, -0.15) is 13.2 Å². The average molecular weight is 394 g/mol. The van der Waals surface area contributed by atoms with E-state index in [9.17, 15) is 23.1 Å². The Morgan fingerprint density at radius 1 is 1.11 bits per heavy atom. The highest BCUT2D eigenvalue weighted by molar-refractivity contribution is 6.47. The van der Waals surface area contributed by atoms with E-state index in [1.54, 1.807) is 52.0 Å². The molecule has 9 heteroatoms. The SMILES string of the molecule is CC(C)(O)C(C)(C)OBc1ccc(C(=O)Nc2cc(C(F)(F)F)ccn2)cc1. The first kappa shape index (κ1) is 21.9. The van der Waals surface area contributed by atoms with Crippen molar-refractivity contribution in [3.8, 4) is 0 Å². The van der Waals surface area contributed by atoms with Crippen LogP contribution in [0.5, 0.6) is 0 Å². The van der Waals surface area contributed by atoms with Crippen LogP contribution in [-0.2, 0) is 10.8 Å². The third-order valence-corrected chi connectivity index (χ3v) is 4.62. The number of carbonyl (C=O) groups excluding carboxylic acids is 1. The number of rotatable bonds is 6. The number of amides is 1. The van der Waals surface area contributed by atoms with Gasteiger partial charge in [-0.05, 0) is 52.0 Å². The summed E-state index contributed by atoms with van der Waals surface area (Å²) >= 11 is 0. The Balaban J connectivity index is 2.03. The summed E-state index contributed by atoms with van der Waals surface area (Å²) in [4.78, 5) is 16.0. The van der Waals surface area contributed by atoms with Gasteiger partial charge < -0.3 is 15.1 Å². The lowest BCUT2D eigenvalue weighted by Gasteiger charge is -2.37. The summed E-state index contributed by atoms with van der Waals surface area (Å²) in [7, 11) is 0.230. The average Bonchev–Trinajstić information content (AvgIpc) is 2.59. The fourth-order valence-electron chi connectivity index (χ4n) is 2.06. The number of halogens is 3. The van der Waals surface area contributed by atoms with Gasteiger partial charge >= 0.3 is 13.7 Å². The Morgan fingerprint density at radius 3 is 2.25 bits per heavy atom. The van der Waals surface area contributed by atoms with Crippen LogP contribution in [0.15, 0.2) is 42.6 Å². The van der Waals surface area contributed by atoms with Gasteiger partial charge in [-0.1, -0.05) is 17.6 Å². The molecule has 150 valence electrons. The number of aromatic nitrogens is 1. The van der Waals surface area contributed by atoms with Crippen LogP contribution >= 0.6 is 0 Å². The fraction of sp³-hybridized carbons (Fsp3) is 0.368. The van der Waals surface area contributed by atoms with E-state index in [2.05, 4.69) is 10.3 Å². The van der Waals surface area contributed by atoms with Crippen molar-refractivity contribution in [2.45, 2.75) is 45.1 Å². The van der Waals surface area contributed by atoms with Crippen LogP contribution < -0.4 is 10.8 Å². The van der Waals surface area contributed by atoms with Crippen molar-refractivity contribution >= 4 is 24.7 Å². The molecule has 0 aliphatic rings. The lowest BCUT2D eigenvalue weighted by atomic mass is 9.82. The lowest BCUT2D eigenvalue weighted by molar-refractivity contribution is -0.137. The largest absolute Gasteiger partial charge is 0.427 e. The van der Waals surface area contributed by atoms with E-state index >= 15 is 0 Å². The number of aliphatic hydroxyl groups is 1. The highest BCUT2D eigenvalue weighted by atomic mass is 19.4. The zero-order valence-corrected chi connectivity index (χ0v) is 16.1. The van der Waals surface area contributed by atoms with Gasteiger partial charge in [0.15, 0.2) is 0 Å². The van der Waals surface area contributed by atoms with E-state index in [1.165, 1.54) is 0 Å². The second-order valence-corrected chi connectivity index (χ2v) is 7.44. The predicted molar refractivity (Wildman–Crippen MR) is 102 cm³/mol.